The summed E-state index contributed by atoms with van der Waals surface area (Å²) in [4.78, 5) is 57.6. The van der Waals surface area contributed by atoms with Gasteiger partial charge in [0.1, 0.15) is 12.1 Å². The third kappa shape index (κ3) is 9.84. The third-order valence-corrected chi connectivity index (χ3v) is 3.76. The highest BCUT2D eigenvalue weighted by molar-refractivity contribution is 7.98. The van der Waals surface area contributed by atoms with Gasteiger partial charge in [-0.3, -0.25) is 19.2 Å². The fourth-order valence-electron chi connectivity index (χ4n) is 1.74. The van der Waals surface area contributed by atoms with Crippen molar-refractivity contribution in [3.63, 3.8) is 0 Å². The number of amides is 4. The van der Waals surface area contributed by atoms with Gasteiger partial charge >= 0.3 is 5.97 Å². The second-order valence-corrected chi connectivity index (χ2v) is 6.46. The summed E-state index contributed by atoms with van der Waals surface area (Å²) in [6, 6.07) is -3.27. The summed E-state index contributed by atoms with van der Waals surface area (Å²) in [6.45, 7) is 0.869. The van der Waals surface area contributed by atoms with Gasteiger partial charge in [0, 0.05) is 0 Å². The van der Waals surface area contributed by atoms with E-state index in [1.165, 1.54) is 18.7 Å². The Kier molecular flexibility index (Phi) is 11.0. The Morgan fingerprint density at radius 2 is 1.69 bits per heavy atom. The lowest BCUT2D eigenvalue weighted by Crippen LogP contribution is -2.54. The van der Waals surface area contributed by atoms with Gasteiger partial charge in [-0.1, -0.05) is 0 Å². The average Bonchev–Trinajstić information content (AvgIpc) is 2.54. The van der Waals surface area contributed by atoms with Crippen molar-refractivity contribution >= 4 is 41.4 Å². The zero-order chi connectivity index (χ0) is 20.3. The molecule has 0 radical (unpaired) electrons. The lowest BCUT2D eigenvalue weighted by molar-refractivity contribution is -0.141. The van der Waals surface area contributed by atoms with Crippen molar-refractivity contribution in [2.45, 2.75) is 37.9 Å². The number of carboxylic acid groups (broad SMARTS) is 1. The van der Waals surface area contributed by atoms with E-state index < -0.39 is 60.7 Å². The van der Waals surface area contributed by atoms with E-state index in [-0.39, 0.29) is 6.42 Å². The minimum absolute atomic E-state index is 0.227. The Labute approximate surface area is 155 Å². The summed E-state index contributed by atoms with van der Waals surface area (Å²) < 4.78 is 0. The molecule has 0 aromatic rings. The molecule has 0 fully saturated rings. The van der Waals surface area contributed by atoms with E-state index >= 15 is 0 Å². The molecule has 0 spiro atoms. The lowest BCUT2D eigenvalue weighted by atomic mass is 10.1. The topological polar surface area (TPSA) is 194 Å². The Morgan fingerprint density at radius 3 is 2.15 bits per heavy atom. The van der Waals surface area contributed by atoms with Crippen LogP contribution in [0, 0.1) is 0 Å². The normalized spacial score (nSPS) is 13.8. The van der Waals surface area contributed by atoms with Gasteiger partial charge < -0.3 is 32.5 Å². The monoisotopic (exact) mass is 391 g/mol. The molecule has 148 valence electrons. The number of nitrogens with two attached hydrogens (primary N) is 2. The van der Waals surface area contributed by atoms with Gasteiger partial charge in [-0.25, -0.2) is 4.79 Å². The minimum atomic E-state index is -1.29. The van der Waals surface area contributed by atoms with Gasteiger partial charge in [-0.05, 0) is 25.4 Å². The van der Waals surface area contributed by atoms with Crippen LogP contribution < -0.4 is 27.4 Å². The molecule has 3 unspecified atom stereocenters. The smallest absolute Gasteiger partial charge is 0.326 e. The van der Waals surface area contributed by atoms with Crippen LogP contribution in [0.3, 0.4) is 0 Å². The molecule has 3 atom stereocenters. The summed E-state index contributed by atoms with van der Waals surface area (Å²) in [5.74, 6) is -3.68. The predicted octanol–water partition coefficient (Wildman–Crippen LogP) is -2.87. The maximum absolute atomic E-state index is 12.1. The Morgan fingerprint density at radius 1 is 1.08 bits per heavy atom. The van der Waals surface area contributed by atoms with Crippen molar-refractivity contribution in [3.05, 3.63) is 0 Å². The fourth-order valence-corrected chi connectivity index (χ4v) is 2.21. The second kappa shape index (κ2) is 12.1. The number of aliphatic carboxylic acids is 1. The van der Waals surface area contributed by atoms with E-state index in [0.29, 0.717) is 5.75 Å². The maximum atomic E-state index is 12.1. The Hall–Kier alpha value is -2.34. The summed E-state index contributed by atoms with van der Waals surface area (Å²) in [5, 5.41) is 15.8. The van der Waals surface area contributed by atoms with E-state index in [1.54, 1.807) is 6.26 Å². The zero-order valence-electron chi connectivity index (χ0n) is 14.6. The molecule has 0 heterocycles. The van der Waals surface area contributed by atoms with Crippen LogP contribution in [-0.4, -0.2) is 71.4 Å². The molecule has 11 nitrogen and oxygen atoms in total. The van der Waals surface area contributed by atoms with Crippen molar-refractivity contribution in [1.82, 2.24) is 16.0 Å². The molecule has 0 saturated heterocycles. The maximum Gasteiger partial charge on any atom is 0.326 e. The van der Waals surface area contributed by atoms with Crippen LogP contribution in [0.25, 0.3) is 0 Å². The molecule has 4 amide bonds. The summed E-state index contributed by atoms with van der Waals surface area (Å²) in [5.41, 5.74) is 10.4. The molecule has 0 aromatic carbocycles. The molecule has 0 aromatic heterocycles. The van der Waals surface area contributed by atoms with Crippen LogP contribution in [0.2, 0.25) is 0 Å². The molecule has 26 heavy (non-hydrogen) atoms. The van der Waals surface area contributed by atoms with Crippen LogP contribution >= 0.6 is 11.8 Å². The predicted molar refractivity (Wildman–Crippen MR) is 95.0 cm³/mol. The first-order chi connectivity index (χ1) is 12.1. The number of thioether (sulfide) groups is 1. The summed E-state index contributed by atoms with van der Waals surface area (Å²) >= 11 is 1.43. The van der Waals surface area contributed by atoms with Crippen molar-refractivity contribution in [2.24, 2.45) is 11.5 Å². The molecule has 0 aliphatic carbocycles. The van der Waals surface area contributed by atoms with Crippen molar-refractivity contribution in [3.8, 4) is 0 Å². The largest absolute Gasteiger partial charge is 0.480 e. The van der Waals surface area contributed by atoms with Crippen molar-refractivity contribution in [1.29, 1.82) is 0 Å². The number of nitrogens with one attached hydrogen (secondary N) is 3. The molecular formula is C14H25N5O6S. The number of carboxylic acids is 1. The van der Waals surface area contributed by atoms with Crippen LogP contribution in [0.5, 0.6) is 0 Å². The second-order valence-electron chi connectivity index (χ2n) is 5.48. The van der Waals surface area contributed by atoms with Gasteiger partial charge in [0.25, 0.3) is 0 Å². The zero-order valence-corrected chi connectivity index (χ0v) is 15.4. The number of hydrogen-bond donors (Lipinski definition) is 6. The van der Waals surface area contributed by atoms with E-state index in [4.69, 9.17) is 16.6 Å². The van der Waals surface area contributed by atoms with Crippen LogP contribution in [0.1, 0.15) is 19.8 Å². The van der Waals surface area contributed by atoms with Gasteiger partial charge in [-0.2, -0.15) is 11.8 Å². The Bertz CT molecular complexity index is 542. The standard InChI is InChI=1S/C14H25N5O6S/c1-7(15)12(22)19-9(5-10(16)20)13(23)17-6-11(21)18-8(14(24)25)3-4-26-2/h7-9H,3-6,15H2,1-2H3,(H2,16,20)(H,17,23)(H,18,21)(H,19,22)(H,24,25). The summed E-state index contributed by atoms with van der Waals surface area (Å²) in [6.07, 6.45) is 1.55. The molecule has 8 N–H and O–H groups in total. The van der Waals surface area contributed by atoms with Crippen LogP contribution in [-0.2, 0) is 24.0 Å². The number of carbonyl (C=O) groups is 5. The molecule has 0 aliphatic rings. The first-order valence-electron chi connectivity index (χ1n) is 7.71. The van der Waals surface area contributed by atoms with Crippen molar-refractivity contribution < 1.29 is 29.1 Å². The number of carbonyl (C=O) groups excluding carboxylic acids is 4. The average molecular weight is 391 g/mol. The number of primary amides is 1. The molecule has 0 aliphatic heterocycles. The first-order valence-corrected chi connectivity index (χ1v) is 9.10. The van der Waals surface area contributed by atoms with E-state index in [0.717, 1.165) is 0 Å². The van der Waals surface area contributed by atoms with E-state index in [9.17, 15) is 24.0 Å². The van der Waals surface area contributed by atoms with E-state index in [1.807, 2.05) is 0 Å². The number of rotatable bonds is 12. The van der Waals surface area contributed by atoms with Crippen LogP contribution in [0.4, 0.5) is 0 Å². The SMILES string of the molecule is CSCCC(NC(=O)CNC(=O)C(CC(N)=O)NC(=O)C(C)N)C(=O)O. The van der Waals surface area contributed by atoms with Gasteiger partial charge in [0.15, 0.2) is 0 Å². The fraction of sp³-hybridized carbons (Fsp3) is 0.643. The van der Waals surface area contributed by atoms with Crippen LogP contribution in [0.15, 0.2) is 0 Å². The first kappa shape index (κ1) is 23.7. The highest BCUT2D eigenvalue weighted by Crippen LogP contribution is 2.01. The van der Waals surface area contributed by atoms with Crippen molar-refractivity contribution in [2.75, 3.05) is 18.6 Å². The molecule has 0 rings (SSSR count). The molecule has 0 bridgehead atoms. The lowest BCUT2D eigenvalue weighted by Gasteiger charge is -2.19. The minimum Gasteiger partial charge on any atom is -0.480 e. The summed E-state index contributed by atoms with van der Waals surface area (Å²) in [7, 11) is 0. The molecule has 0 saturated carbocycles. The third-order valence-electron chi connectivity index (χ3n) is 3.12. The Balaban J connectivity index is 4.68. The highest BCUT2D eigenvalue weighted by atomic mass is 32.2. The van der Waals surface area contributed by atoms with Gasteiger partial charge in [0.05, 0.1) is 19.0 Å². The number of hydrogen-bond acceptors (Lipinski definition) is 7. The highest BCUT2D eigenvalue weighted by Gasteiger charge is 2.25. The van der Waals surface area contributed by atoms with Gasteiger partial charge in [0.2, 0.25) is 23.6 Å². The molecular weight excluding hydrogens is 366 g/mol. The quantitative estimate of drug-likeness (QED) is 0.204. The van der Waals surface area contributed by atoms with E-state index in [2.05, 4.69) is 16.0 Å². The molecule has 12 heteroatoms. The van der Waals surface area contributed by atoms with Gasteiger partial charge in [-0.15, -0.1) is 0 Å².